The van der Waals surface area contributed by atoms with Crippen LogP contribution in [0.25, 0.3) is 0 Å². The van der Waals surface area contributed by atoms with Gasteiger partial charge in [-0.15, -0.1) is 77.8 Å². The maximum Gasteiger partial charge on any atom is -0.0410 e. The largest absolute Gasteiger partial charge is 0.138 e. The van der Waals surface area contributed by atoms with E-state index in [0.717, 1.165) is 5.92 Å². The molecule has 0 aromatic rings. The molecule has 0 aliphatic carbocycles. The lowest BCUT2D eigenvalue weighted by Crippen LogP contribution is -2.01. The number of rotatable bonds is 99. The van der Waals surface area contributed by atoms with Gasteiger partial charge in [-0.3, -0.25) is 0 Å². The quantitative estimate of drug-likeness (QED) is 0.0323. The Bertz CT molecular complexity index is 1650. The van der Waals surface area contributed by atoms with Crippen LogP contribution in [0.4, 0.5) is 0 Å². The van der Waals surface area contributed by atoms with E-state index in [4.69, 9.17) is 0 Å². The number of hydrogen-bond donors (Lipinski definition) is 0. The second kappa shape index (κ2) is 167. The minimum atomic E-state index is 0. The van der Waals surface area contributed by atoms with Crippen LogP contribution in [0.1, 0.15) is 678 Å². The molecule has 8 unspecified atom stereocenters. The SMILES string of the molecule is C.C=C.C=CP.C=CP.C=CP.C=CP.C=CP.CCCCCCCCCCCCCCCCCCCCCCCCCCCCCCCCCCCCCCC(CCCCCCCCCCCCCCCCCCCCCCCCCCCCC)CCCCCCCCCCCCCCCCCCCCCCCCCCCCCCCCCCC.CCP.CCP. The summed E-state index contributed by atoms with van der Waals surface area (Å²) < 4.78 is 0. The fraction of sp³-hybridized carbons (Fsp3) is 0.900. The van der Waals surface area contributed by atoms with Gasteiger partial charge in [-0.05, 0) is 18.2 Å². The van der Waals surface area contributed by atoms with Crippen molar-refractivity contribution in [2.45, 2.75) is 678 Å². The zero-order chi connectivity index (χ0) is 94.5. The zero-order valence-corrected chi connectivity index (χ0v) is 97.0. The lowest BCUT2D eigenvalue weighted by Gasteiger charge is -2.17. The molecule has 0 N–H and O–H groups in total. The van der Waals surface area contributed by atoms with Gasteiger partial charge in [-0.25, -0.2) is 0 Å². The summed E-state index contributed by atoms with van der Waals surface area (Å²) in [5.74, 6) is 9.36. The second-order valence-corrected chi connectivity index (χ2v) is 42.1. The Labute approximate surface area is 829 Å². The molecular formula is C120H255P7. The first-order valence-corrected chi connectivity index (χ1v) is 62.8. The van der Waals surface area contributed by atoms with Crippen molar-refractivity contribution in [1.29, 1.82) is 0 Å². The molecule has 0 amide bonds. The predicted molar refractivity (Wildman–Crippen MR) is 636 cm³/mol. The van der Waals surface area contributed by atoms with Gasteiger partial charge >= 0.3 is 0 Å². The van der Waals surface area contributed by atoms with Crippen LogP contribution < -0.4 is 0 Å². The molecule has 0 fully saturated rings. The molecule has 0 nitrogen and oxygen atoms in total. The standard InChI is InChI=1S/C103H208.2C2H7P.5C2H5P.C2H4.CH4/c1-4-7-10-13-16-19-22-25-28-31-34-37-40-43-46-48-50-52-53-54-56-58-60-63-66-69-72-75-78-81-84-87-90-93-96-99-102-103(100-97-94-91-88-85-82-79-76-73-70-67-64-61-45-42-39-36-33-30-27-24-21-18-15-12-9-6-3)101-98-95-92-89-86-83-80-77-74-71-68-65-62-59-57-55-51-49-47-44-41-38-35-32-29-26-23-20-17-14-11-8-5-2;7*1-2-3;1-2;/h103H,4-102H2,1-3H3;2*2-3H2,1H3;5*2H,1,3H2;1-2H2;1H4. The third-order valence-corrected chi connectivity index (χ3v) is 25.4. The highest BCUT2D eigenvalue weighted by molar-refractivity contribution is 7.21. The normalized spacial score (nSPS) is 10.7. The minimum absolute atomic E-state index is 0. The van der Waals surface area contributed by atoms with Gasteiger partial charge < -0.3 is 0 Å². The topological polar surface area (TPSA) is 0 Å². The Morgan fingerprint density at radius 1 is 0.142 bits per heavy atom. The molecule has 0 spiro atoms. The van der Waals surface area contributed by atoms with Crippen molar-refractivity contribution in [3.8, 4) is 0 Å². The van der Waals surface area contributed by atoms with E-state index < -0.39 is 0 Å². The van der Waals surface area contributed by atoms with Crippen LogP contribution in [-0.2, 0) is 0 Å². The van der Waals surface area contributed by atoms with Crippen molar-refractivity contribution >= 4 is 64.7 Å². The summed E-state index contributed by atoms with van der Waals surface area (Å²) in [5.41, 5.74) is 0. The minimum Gasteiger partial charge on any atom is -0.138 e. The van der Waals surface area contributed by atoms with E-state index in [1.807, 2.05) is 0 Å². The molecule has 0 heterocycles. The van der Waals surface area contributed by atoms with Crippen LogP contribution in [0.2, 0.25) is 0 Å². The lowest BCUT2D eigenvalue weighted by molar-refractivity contribution is 0.365. The van der Waals surface area contributed by atoms with Crippen LogP contribution in [0.3, 0.4) is 0 Å². The molecule has 0 aliphatic heterocycles. The van der Waals surface area contributed by atoms with E-state index in [1.54, 1.807) is 48.3 Å². The average Bonchev–Trinajstić information content (AvgIpc) is 0.992. The van der Waals surface area contributed by atoms with Crippen molar-refractivity contribution in [2.75, 3.05) is 12.3 Å². The molecular weight excluding hydrogens is 1660 g/mol. The molecule has 0 bridgehead atoms. The van der Waals surface area contributed by atoms with Crippen LogP contribution in [0, 0.1) is 5.92 Å². The van der Waals surface area contributed by atoms with E-state index in [2.05, 4.69) is 145 Å². The van der Waals surface area contributed by atoms with E-state index >= 15 is 0 Å². The Kier molecular flexibility index (Phi) is 196. The maximum atomic E-state index is 3.32. The van der Waals surface area contributed by atoms with Crippen molar-refractivity contribution < 1.29 is 0 Å². The first-order chi connectivity index (χ1) is 62.2. The van der Waals surface area contributed by atoms with Gasteiger partial charge in [0, 0.05) is 0 Å². The van der Waals surface area contributed by atoms with E-state index in [9.17, 15) is 0 Å². The summed E-state index contributed by atoms with van der Waals surface area (Å²) >= 11 is 0. The first kappa shape index (κ1) is 149. The van der Waals surface area contributed by atoms with Crippen LogP contribution in [0.15, 0.2) is 75.1 Å². The fourth-order valence-corrected chi connectivity index (χ4v) is 17.9. The summed E-state index contributed by atoms with van der Waals surface area (Å²) in [5, 5.41) is 0. The van der Waals surface area contributed by atoms with Crippen molar-refractivity contribution in [2.24, 2.45) is 5.92 Å². The predicted octanol–water partition coefficient (Wildman–Crippen LogP) is 48.5. The van der Waals surface area contributed by atoms with Gasteiger partial charge in [0.15, 0.2) is 0 Å². The maximum absolute atomic E-state index is 3.32. The summed E-state index contributed by atoms with van der Waals surface area (Å²) in [4.78, 5) is 0. The Morgan fingerprint density at radius 2 is 0.189 bits per heavy atom. The highest BCUT2D eigenvalue weighted by atomic mass is 31.0. The molecule has 0 rings (SSSR count). The summed E-state index contributed by atoms with van der Waals surface area (Å²) in [7, 11) is 16.9. The van der Waals surface area contributed by atoms with E-state index in [-0.39, 0.29) is 7.43 Å². The fourth-order valence-electron chi connectivity index (χ4n) is 17.9. The molecule has 8 atom stereocenters. The van der Waals surface area contributed by atoms with Gasteiger partial charge in [0.1, 0.15) is 0 Å². The van der Waals surface area contributed by atoms with Gasteiger partial charge in [0.2, 0.25) is 0 Å². The van der Waals surface area contributed by atoms with Gasteiger partial charge in [0.25, 0.3) is 0 Å². The van der Waals surface area contributed by atoms with Crippen molar-refractivity contribution in [3.63, 3.8) is 0 Å². The van der Waals surface area contributed by atoms with Crippen molar-refractivity contribution in [1.82, 2.24) is 0 Å². The summed E-state index contributed by atoms with van der Waals surface area (Å²) in [6, 6.07) is 0. The molecule has 0 saturated carbocycles. The molecule has 0 saturated heterocycles. The smallest absolute Gasteiger partial charge is 0.0410 e. The highest BCUT2D eigenvalue weighted by Gasteiger charge is 2.10. The second-order valence-electron chi connectivity index (χ2n) is 38.1. The number of unbranched alkanes of at least 4 members (excludes halogenated alkanes) is 93. The number of hydrogen-bond acceptors (Lipinski definition) is 0. The van der Waals surface area contributed by atoms with Gasteiger partial charge in [0.05, 0.1) is 0 Å². The van der Waals surface area contributed by atoms with Crippen LogP contribution >= 0.6 is 64.7 Å². The van der Waals surface area contributed by atoms with E-state index in [1.165, 1.54) is 629 Å². The molecule has 0 radical (unpaired) electrons. The molecule has 0 aliphatic rings. The molecule has 770 valence electrons. The monoisotopic (exact) mass is 1910 g/mol. The Balaban J connectivity index is -0.000000639. The van der Waals surface area contributed by atoms with Gasteiger partial charge in [-0.1, -0.05) is 740 Å². The highest BCUT2D eigenvalue weighted by Crippen LogP contribution is 2.28. The molecule has 7 heteroatoms. The van der Waals surface area contributed by atoms with E-state index in [0.29, 0.717) is 0 Å². The summed E-state index contributed by atoms with van der Waals surface area (Å²) in [6.07, 6.45) is 150. The Hall–Kier alpha value is 1.45. The van der Waals surface area contributed by atoms with Crippen LogP contribution in [0.5, 0.6) is 0 Å². The molecule has 127 heavy (non-hydrogen) atoms. The van der Waals surface area contributed by atoms with Crippen molar-refractivity contribution in [3.05, 3.63) is 75.1 Å². The third-order valence-electron chi connectivity index (χ3n) is 25.4. The summed E-state index contributed by atoms with van der Waals surface area (Å²) in [6.45, 7) is 33.8. The molecule has 0 aromatic carbocycles. The average molecular weight is 1920 g/mol. The third kappa shape index (κ3) is 187. The Morgan fingerprint density at radius 3 is 0.244 bits per heavy atom. The lowest BCUT2D eigenvalue weighted by atomic mass is 9.89. The zero-order valence-electron chi connectivity index (χ0n) is 88.9. The van der Waals surface area contributed by atoms with Crippen LogP contribution in [-0.4, -0.2) is 12.3 Å². The first-order valence-electron chi connectivity index (χ1n) is 57.8. The molecule has 0 aromatic heterocycles. The van der Waals surface area contributed by atoms with Gasteiger partial charge in [-0.2, -0.15) is 0 Å².